The highest BCUT2D eigenvalue weighted by molar-refractivity contribution is 9.10. The van der Waals surface area contributed by atoms with E-state index < -0.39 is 0 Å². The Balaban J connectivity index is 2.46. The van der Waals surface area contributed by atoms with Crippen molar-refractivity contribution in [2.24, 2.45) is 0 Å². The third-order valence-corrected chi connectivity index (χ3v) is 2.68. The first-order chi connectivity index (χ1) is 8.17. The van der Waals surface area contributed by atoms with Crippen LogP contribution in [0.5, 0.6) is 5.75 Å². The molecule has 0 saturated heterocycles. The molecule has 1 amide bonds. The van der Waals surface area contributed by atoms with Gasteiger partial charge in [-0.05, 0) is 24.6 Å². The highest BCUT2D eigenvalue weighted by Gasteiger charge is 2.04. The van der Waals surface area contributed by atoms with Crippen molar-refractivity contribution < 1.29 is 14.3 Å². The number of benzene rings is 1. The second-order valence-electron chi connectivity index (χ2n) is 3.43. The number of carbonyl (C=O) groups excluding carboxylic acids is 2. The van der Waals surface area contributed by atoms with Gasteiger partial charge < -0.3 is 10.1 Å². The number of hydrogen-bond acceptors (Lipinski definition) is 3. The summed E-state index contributed by atoms with van der Waals surface area (Å²) in [5.74, 6) is 0.528. The van der Waals surface area contributed by atoms with Gasteiger partial charge in [-0.2, -0.15) is 0 Å². The molecule has 0 spiro atoms. The predicted molar refractivity (Wildman–Crippen MR) is 68.3 cm³/mol. The molecule has 0 aliphatic carbocycles. The molecule has 0 unspecified atom stereocenters. The van der Waals surface area contributed by atoms with Crippen molar-refractivity contribution in [2.45, 2.75) is 12.8 Å². The van der Waals surface area contributed by atoms with Gasteiger partial charge in [0.1, 0.15) is 5.75 Å². The van der Waals surface area contributed by atoms with Crippen LogP contribution < -0.4 is 10.1 Å². The molecular weight excluding hydrogens is 286 g/mol. The standard InChI is InChI=1S/C12H14BrNO3/c1-14-12(16)3-2-6-17-11-5-4-10(13)7-9(11)8-15/h4-5,7-8H,2-3,6H2,1H3,(H,14,16). The molecule has 0 radical (unpaired) electrons. The summed E-state index contributed by atoms with van der Waals surface area (Å²) in [6, 6.07) is 5.23. The van der Waals surface area contributed by atoms with E-state index in [4.69, 9.17) is 4.74 Å². The van der Waals surface area contributed by atoms with Crippen LogP contribution in [0, 0.1) is 0 Å². The number of rotatable bonds is 6. The molecule has 17 heavy (non-hydrogen) atoms. The second-order valence-corrected chi connectivity index (χ2v) is 4.34. The largest absolute Gasteiger partial charge is 0.493 e. The zero-order valence-electron chi connectivity index (χ0n) is 9.53. The van der Waals surface area contributed by atoms with E-state index in [1.54, 1.807) is 25.2 Å². The van der Waals surface area contributed by atoms with Gasteiger partial charge >= 0.3 is 0 Å². The number of aldehydes is 1. The van der Waals surface area contributed by atoms with E-state index in [1.807, 2.05) is 0 Å². The van der Waals surface area contributed by atoms with Gasteiger partial charge in [-0.25, -0.2) is 0 Å². The summed E-state index contributed by atoms with van der Waals surface area (Å²) < 4.78 is 6.28. The van der Waals surface area contributed by atoms with Crippen LogP contribution in [0.15, 0.2) is 22.7 Å². The molecule has 0 heterocycles. The first-order valence-corrected chi connectivity index (χ1v) is 6.04. The number of amides is 1. The summed E-state index contributed by atoms with van der Waals surface area (Å²) in [5.41, 5.74) is 0.499. The summed E-state index contributed by atoms with van der Waals surface area (Å²) >= 11 is 3.28. The Morgan fingerprint density at radius 2 is 2.29 bits per heavy atom. The third kappa shape index (κ3) is 4.56. The highest BCUT2D eigenvalue weighted by atomic mass is 79.9. The van der Waals surface area contributed by atoms with Gasteiger partial charge in [-0.1, -0.05) is 15.9 Å². The molecule has 0 bridgehead atoms. The summed E-state index contributed by atoms with van der Waals surface area (Å²) in [6.45, 7) is 0.413. The van der Waals surface area contributed by atoms with E-state index >= 15 is 0 Å². The zero-order chi connectivity index (χ0) is 12.7. The number of carbonyl (C=O) groups is 2. The van der Waals surface area contributed by atoms with Crippen LogP contribution in [0.25, 0.3) is 0 Å². The Morgan fingerprint density at radius 3 is 2.94 bits per heavy atom. The summed E-state index contributed by atoms with van der Waals surface area (Å²) in [6.07, 6.45) is 1.79. The van der Waals surface area contributed by atoms with Gasteiger partial charge in [0.15, 0.2) is 6.29 Å². The molecule has 0 fully saturated rings. The van der Waals surface area contributed by atoms with Crippen molar-refractivity contribution in [1.82, 2.24) is 5.32 Å². The minimum absolute atomic E-state index is 0.0139. The SMILES string of the molecule is CNC(=O)CCCOc1ccc(Br)cc1C=O. The minimum atomic E-state index is -0.0139. The summed E-state index contributed by atoms with van der Waals surface area (Å²) in [5, 5.41) is 2.54. The molecule has 1 aromatic carbocycles. The third-order valence-electron chi connectivity index (χ3n) is 2.18. The molecule has 1 rings (SSSR count). The number of hydrogen-bond donors (Lipinski definition) is 1. The van der Waals surface area contributed by atoms with Crippen molar-refractivity contribution >= 4 is 28.1 Å². The smallest absolute Gasteiger partial charge is 0.219 e. The van der Waals surface area contributed by atoms with Crippen LogP contribution in [0.3, 0.4) is 0 Å². The maximum atomic E-state index is 11.0. The molecule has 0 aliphatic rings. The molecule has 1 aromatic rings. The topological polar surface area (TPSA) is 55.4 Å². The molecule has 0 atom stereocenters. The quantitative estimate of drug-likeness (QED) is 0.647. The van der Waals surface area contributed by atoms with E-state index in [1.165, 1.54) is 0 Å². The van der Waals surface area contributed by atoms with Gasteiger partial charge in [0.05, 0.1) is 12.2 Å². The van der Waals surface area contributed by atoms with Crippen LogP contribution in [-0.4, -0.2) is 25.8 Å². The highest BCUT2D eigenvalue weighted by Crippen LogP contribution is 2.21. The molecule has 0 aromatic heterocycles. The monoisotopic (exact) mass is 299 g/mol. The Hall–Kier alpha value is -1.36. The predicted octanol–water partition coefficient (Wildman–Crippen LogP) is 2.17. The van der Waals surface area contributed by atoms with Gasteiger partial charge in [0.2, 0.25) is 5.91 Å². The molecule has 92 valence electrons. The lowest BCUT2D eigenvalue weighted by Crippen LogP contribution is -2.18. The average molecular weight is 300 g/mol. The maximum absolute atomic E-state index is 11.0. The molecule has 1 N–H and O–H groups in total. The fourth-order valence-electron chi connectivity index (χ4n) is 1.28. The summed E-state index contributed by atoms with van der Waals surface area (Å²) in [4.78, 5) is 21.8. The fourth-order valence-corrected chi connectivity index (χ4v) is 1.66. The molecule has 5 heteroatoms. The van der Waals surface area contributed by atoms with Gasteiger partial charge in [0.25, 0.3) is 0 Å². The van der Waals surface area contributed by atoms with E-state index in [0.717, 1.165) is 10.8 Å². The molecule has 0 saturated carbocycles. The van der Waals surface area contributed by atoms with E-state index in [2.05, 4.69) is 21.2 Å². The van der Waals surface area contributed by atoms with Gasteiger partial charge in [0, 0.05) is 17.9 Å². The van der Waals surface area contributed by atoms with Gasteiger partial charge in [-0.3, -0.25) is 9.59 Å². The Kier molecular flexibility index (Phi) is 5.69. The van der Waals surface area contributed by atoms with Crippen molar-refractivity contribution in [3.05, 3.63) is 28.2 Å². The van der Waals surface area contributed by atoms with Crippen LogP contribution in [-0.2, 0) is 4.79 Å². The van der Waals surface area contributed by atoms with Crippen LogP contribution >= 0.6 is 15.9 Å². The van der Waals surface area contributed by atoms with Crippen molar-refractivity contribution in [3.63, 3.8) is 0 Å². The van der Waals surface area contributed by atoms with Crippen LogP contribution in [0.2, 0.25) is 0 Å². The lowest BCUT2D eigenvalue weighted by Gasteiger charge is -2.08. The van der Waals surface area contributed by atoms with Crippen LogP contribution in [0.1, 0.15) is 23.2 Å². The normalized spacial score (nSPS) is 9.76. The fraction of sp³-hybridized carbons (Fsp3) is 0.333. The number of ether oxygens (including phenoxy) is 1. The minimum Gasteiger partial charge on any atom is -0.493 e. The van der Waals surface area contributed by atoms with Crippen molar-refractivity contribution in [1.29, 1.82) is 0 Å². The lowest BCUT2D eigenvalue weighted by atomic mass is 10.2. The van der Waals surface area contributed by atoms with Crippen molar-refractivity contribution in [3.8, 4) is 5.75 Å². The summed E-state index contributed by atoms with van der Waals surface area (Å²) in [7, 11) is 1.60. The maximum Gasteiger partial charge on any atom is 0.219 e. The van der Waals surface area contributed by atoms with E-state index in [0.29, 0.717) is 30.8 Å². The van der Waals surface area contributed by atoms with Crippen molar-refractivity contribution in [2.75, 3.05) is 13.7 Å². The Labute approximate surface area is 108 Å². The number of halogens is 1. The van der Waals surface area contributed by atoms with Crippen LogP contribution in [0.4, 0.5) is 0 Å². The average Bonchev–Trinajstić information content (AvgIpc) is 2.35. The van der Waals surface area contributed by atoms with E-state index in [-0.39, 0.29) is 5.91 Å². The Morgan fingerprint density at radius 1 is 1.53 bits per heavy atom. The van der Waals surface area contributed by atoms with Gasteiger partial charge in [-0.15, -0.1) is 0 Å². The second kappa shape index (κ2) is 7.06. The molecule has 0 aliphatic heterocycles. The van der Waals surface area contributed by atoms with E-state index in [9.17, 15) is 9.59 Å². The number of nitrogens with one attached hydrogen (secondary N) is 1. The molecule has 4 nitrogen and oxygen atoms in total. The lowest BCUT2D eigenvalue weighted by molar-refractivity contribution is -0.120. The zero-order valence-corrected chi connectivity index (χ0v) is 11.1. The first-order valence-electron chi connectivity index (χ1n) is 5.25. The first kappa shape index (κ1) is 13.7. The Bertz CT molecular complexity index is 407. The molecular formula is C12H14BrNO3.